The van der Waals surface area contributed by atoms with Crippen LogP contribution in [0.3, 0.4) is 0 Å². The molecule has 238 valence electrons. The molecule has 2 aliphatic rings. The highest BCUT2D eigenvalue weighted by molar-refractivity contribution is 6.33. The van der Waals surface area contributed by atoms with E-state index in [0.717, 1.165) is 37.1 Å². The lowest BCUT2D eigenvalue weighted by atomic mass is 10.2. The predicted molar refractivity (Wildman–Crippen MR) is 174 cm³/mol. The third kappa shape index (κ3) is 7.34. The van der Waals surface area contributed by atoms with Crippen LogP contribution in [-0.4, -0.2) is 85.4 Å². The van der Waals surface area contributed by atoms with Crippen LogP contribution in [0.5, 0.6) is 11.6 Å². The number of halogens is 1. The van der Waals surface area contributed by atoms with Gasteiger partial charge in [-0.2, -0.15) is 4.98 Å². The molecule has 3 heterocycles. The molecule has 0 unspecified atom stereocenters. The summed E-state index contributed by atoms with van der Waals surface area (Å²) < 4.78 is 20.0. The van der Waals surface area contributed by atoms with Crippen LogP contribution >= 0.6 is 11.6 Å². The van der Waals surface area contributed by atoms with Gasteiger partial charge in [-0.1, -0.05) is 41.9 Å². The smallest absolute Gasteiger partial charge is 0.410 e. The van der Waals surface area contributed by atoms with Crippen LogP contribution in [0.15, 0.2) is 54.9 Å². The van der Waals surface area contributed by atoms with Crippen LogP contribution in [0.2, 0.25) is 5.02 Å². The van der Waals surface area contributed by atoms with E-state index in [1.165, 1.54) is 6.33 Å². The van der Waals surface area contributed by atoms with E-state index in [-0.39, 0.29) is 17.7 Å². The number of imidazole rings is 1. The second kappa shape index (κ2) is 12.5. The monoisotopic (exact) mass is 632 g/mol. The molecule has 4 aromatic rings. The summed E-state index contributed by atoms with van der Waals surface area (Å²) in [4.78, 5) is 30.6. The summed E-state index contributed by atoms with van der Waals surface area (Å²) in [5.74, 6) is 1.86. The van der Waals surface area contributed by atoms with E-state index in [0.29, 0.717) is 59.9 Å². The topological polar surface area (TPSA) is 94.8 Å². The highest BCUT2D eigenvalue weighted by Crippen LogP contribution is 2.41. The molecule has 2 aromatic heterocycles. The lowest BCUT2D eigenvalue weighted by Gasteiger charge is -2.40. The van der Waals surface area contributed by atoms with Crippen molar-refractivity contribution in [3.8, 4) is 23.0 Å². The standard InChI is InChI=1S/C34H41ClN6O4/c1-23-20-40(32(42)45-33(2,3)4)16-15-39(23)17-18-43-25-11-12-26(27(35)19-25)29-38-28-30(41(29)21-24-9-7-6-8-10-24)36-22-37-31(28)44-34(5)13-14-34/h6-12,19,22-23H,13-18,20-21H2,1-5H3/t23-/m1/s1. The molecular formula is C34H41ClN6O4. The van der Waals surface area contributed by atoms with Crippen LogP contribution in [0.1, 0.15) is 53.0 Å². The molecule has 1 amide bonds. The van der Waals surface area contributed by atoms with Crippen molar-refractivity contribution in [3.63, 3.8) is 0 Å². The molecule has 1 saturated carbocycles. The van der Waals surface area contributed by atoms with E-state index in [2.05, 4.69) is 45.4 Å². The SMILES string of the molecule is C[C@@H]1CN(C(=O)OC(C)(C)C)CCN1CCOc1ccc(-c2nc3c(OC4(C)CC4)ncnc3n2Cc2ccccc2)c(Cl)c1. The van der Waals surface area contributed by atoms with Gasteiger partial charge < -0.3 is 23.7 Å². The fourth-order valence-electron chi connectivity index (χ4n) is 5.49. The molecule has 10 nitrogen and oxygen atoms in total. The number of fused-ring (bicyclic) bond motifs is 1. The Morgan fingerprint density at radius 2 is 1.87 bits per heavy atom. The van der Waals surface area contributed by atoms with E-state index in [1.54, 1.807) is 4.90 Å². The van der Waals surface area contributed by atoms with Crippen molar-refractivity contribution in [1.82, 2.24) is 29.3 Å². The number of hydrogen-bond donors (Lipinski definition) is 0. The van der Waals surface area contributed by atoms with Gasteiger partial charge in [0.2, 0.25) is 5.88 Å². The second-order valence-corrected chi connectivity index (χ2v) is 13.6. The van der Waals surface area contributed by atoms with Crippen LogP contribution in [0.25, 0.3) is 22.6 Å². The maximum Gasteiger partial charge on any atom is 0.410 e. The quantitative estimate of drug-likeness (QED) is 0.208. The third-order valence-electron chi connectivity index (χ3n) is 8.22. The van der Waals surface area contributed by atoms with Crippen molar-refractivity contribution in [2.24, 2.45) is 0 Å². The minimum atomic E-state index is -0.503. The van der Waals surface area contributed by atoms with Crippen LogP contribution in [0, 0.1) is 0 Å². The maximum atomic E-state index is 12.5. The minimum absolute atomic E-state index is 0.193. The first-order chi connectivity index (χ1) is 21.5. The summed E-state index contributed by atoms with van der Waals surface area (Å²) in [5, 5.41) is 0.529. The van der Waals surface area contributed by atoms with Gasteiger partial charge in [0, 0.05) is 37.8 Å². The van der Waals surface area contributed by atoms with Gasteiger partial charge in [0.05, 0.1) is 11.6 Å². The average molecular weight is 633 g/mol. The average Bonchev–Trinajstić information content (AvgIpc) is 3.61. The molecule has 6 rings (SSSR count). The Bertz CT molecular complexity index is 1670. The Kier molecular flexibility index (Phi) is 8.63. The fourth-order valence-corrected chi connectivity index (χ4v) is 5.75. The Morgan fingerprint density at radius 3 is 2.56 bits per heavy atom. The van der Waals surface area contributed by atoms with E-state index in [4.69, 9.17) is 30.8 Å². The van der Waals surface area contributed by atoms with Gasteiger partial charge in [0.15, 0.2) is 11.2 Å². The van der Waals surface area contributed by atoms with Crippen LogP contribution in [0.4, 0.5) is 4.79 Å². The molecule has 1 aliphatic heterocycles. The number of amides is 1. The van der Waals surface area contributed by atoms with Crippen LogP contribution in [-0.2, 0) is 11.3 Å². The molecule has 0 radical (unpaired) electrons. The Hall–Kier alpha value is -3.89. The van der Waals surface area contributed by atoms with E-state index in [1.807, 2.05) is 57.2 Å². The number of rotatable bonds is 9. The number of ether oxygens (including phenoxy) is 3. The third-order valence-corrected chi connectivity index (χ3v) is 8.54. The summed E-state index contributed by atoms with van der Waals surface area (Å²) in [6.07, 6.45) is 3.26. The van der Waals surface area contributed by atoms with E-state index in [9.17, 15) is 4.79 Å². The van der Waals surface area contributed by atoms with Crippen molar-refractivity contribution >= 4 is 28.9 Å². The van der Waals surface area contributed by atoms with Crippen molar-refractivity contribution in [1.29, 1.82) is 0 Å². The molecule has 1 aliphatic carbocycles. The number of piperazine rings is 1. The van der Waals surface area contributed by atoms with Gasteiger partial charge in [0.25, 0.3) is 0 Å². The summed E-state index contributed by atoms with van der Waals surface area (Å²) >= 11 is 6.90. The number of benzene rings is 2. The fraction of sp³-hybridized carbons (Fsp3) is 0.471. The highest BCUT2D eigenvalue weighted by atomic mass is 35.5. The normalized spacial score (nSPS) is 18.2. The van der Waals surface area contributed by atoms with Crippen molar-refractivity contribution in [2.45, 2.75) is 71.2 Å². The largest absolute Gasteiger partial charge is 0.492 e. The first kappa shape index (κ1) is 31.1. The molecule has 2 aromatic carbocycles. The van der Waals surface area contributed by atoms with Gasteiger partial charge in [-0.15, -0.1) is 0 Å². The highest BCUT2D eigenvalue weighted by Gasteiger charge is 2.41. The van der Waals surface area contributed by atoms with Crippen molar-refractivity contribution in [2.75, 3.05) is 32.8 Å². The summed E-state index contributed by atoms with van der Waals surface area (Å²) in [6, 6.07) is 16.1. The molecule has 0 N–H and O–H groups in total. The number of aromatic nitrogens is 4. The second-order valence-electron chi connectivity index (χ2n) is 13.2. The van der Waals surface area contributed by atoms with Gasteiger partial charge >= 0.3 is 6.09 Å². The van der Waals surface area contributed by atoms with Gasteiger partial charge in [-0.3, -0.25) is 4.90 Å². The summed E-state index contributed by atoms with van der Waals surface area (Å²) in [5.41, 5.74) is 2.50. The Labute approximate surface area is 269 Å². The lowest BCUT2D eigenvalue weighted by molar-refractivity contribution is 0.00430. The molecule has 45 heavy (non-hydrogen) atoms. The van der Waals surface area contributed by atoms with E-state index >= 15 is 0 Å². The molecule has 1 atom stereocenters. The number of carbonyl (C=O) groups is 1. The van der Waals surface area contributed by atoms with Crippen molar-refractivity contribution in [3.05, 3.63) is 65.4 Å². The van der Waals surface area contributed by atoms with Gasteiger partial charge in [-0.05, 0) is 71.2 Å². The zero-order chi connectivity index (χ0) is 31.8. The molecule has 1 saturated heterocycles. The summed E-state index contributed by atoms with van der Waals surface area (Å²) in [7, 11) is 0. The lowest BCUT2D eigenvalue weighted by Crippen LogP contribution is -2.55. The summed E-state index contributed by atoms with van der Waals surface area (Å²) in [6.45, 7) is 13.7. The molecule has 2 fully saturated rings. The Morgan fingerprint density at radius 1 is 1.09 bits per heavy atom. The maximum absolute atomic E-state index is 12.5. The molecule has 0 bridgehead atoms. The predicted octanol–water partition coefficient (Wildman–Crippen LogP) is 6.45. The first-order valence-electron chi connectivity index (χ1n) is 15.6. The number of nitrogens with zero attached hydrogens (tertiary/aromatic N) is 6. The zero-order valence-electron chi connectivity index (χ0n) is 26.6. The van der Waals surface area contributed by atoms with Gasteiger partial charge in [0.1, 0.15) is 35.7 Å². The molecule has 11 heteroatoms. The number of hydrogen-bond acceptors (Lipinski definition) is 8. The Balaban J connectivity index is 1.16. The zero-order valence-corrected chi connectivity index (χ0v) is 27.4. The number of carbonyl (C=O) groups excluding carboxylic acids is 1. The first-order valence-corrected chi connectivity index (χ1v) is 15.9. The molecular weight excluding hydrogens is 592 g/mol. The van der Waals surface area contributed by atoms with Crippen LogP contribution < -0.4 is 9.47 Å². The van der Waals surface area contributed by atoms with Gasteiger partial charge in [-0.25, -0.2) is 14.8 Å². The van der Waals surface area contributed by atoms with E-state index < -0.39 is 5.60 Å². The molecule has 0 spiro atoms. The minimum Gasteiger partial charge on any atom is -0.492 e. The van der Waals surface area contributed by atoms with Crippen molar-refractivity contribution < 1.29 is 19.0 Å².